The molecule has 2 rings (SSSR count). The zero-order valence-corrected chi connectivity index (χ0v) is 14.0. The van der Waals surface area contributed by atoms with Gasteiger partial charge in [0, 0.05) is 17.5 Å². The second kappa shape index (κ2) is 5.74. The van der Waals surface area contributed by atoms with E-state index >= 15 is 0 Å². The molecule has 1 N–H and O–H groups in total. The molecule has 0 aliphatic heterocycles. The largest absolute Gasteiger partial charge is 0.345 e. The fraction of sp³-hybridized carbons (Fsp3) is 0.333. The van der Waals surface area contributed by atoms with Crippen LogP contribution >= 0.6 is 28.1 Å². The number of hydrogen-bond acceptors (Lipinski definition) is 2. The van der Waals surface area contributed by atoms with Gasteiger partial charge in [-0.05, 0) is 27.6 Å². The molecule has 1 aromatic carbocycles. The Morgan fingerprint density at radius 3 is 2.55 bits per heavy atom. The first kappa shape index (κ1) is 15.3. The first-order valence-corrected chi connectivity index (χ1v) is 7.52. The summed E-state index contributed by atoms with van der Waals surface area (Å²) in [6.45, 7) is 6.27. The average molecular weight is 355 g/mol. The van der Waals surface area contributed by atoms with Crippen molar-refractivity contribution in [3.63, 3.8) is 0 Å². The third-order valence-electron chi connectivity index (χ3n) is 2.98. The molecule has 0 unspecified atom stereocenters. The van der Waals surface area contributed by atoms with Crippen LogP contribution in [0.15, 0.2) is 28.7 Å². The van der Waals surface area contributed by atoms with Crippen molar-refractivity contribution in [3.8, 4) is 0 Å². The molecule has 5 heteroatoms. The molecule has 0 saturated carbocycles. The van der Waals surface area contributed by atoms with Gasteiger partial charge in [0.15, 0.2) is 0 Å². The van der Waals surface area contributed by atoms with Crippen molar-refractivity contribution >= 4 is 28.1 Å². The summed E-state index contributed by atoms with van der Waals surface area (Å²) in [6.07, 6.45) is 0.396. The van der Waals surface area contributed by atoms with Gasteiger partial charge >= 0.3 is 0 Å². The summed E-state index contributed by atoms with van der Waals surface area (Å²) in [5, 5.41) is 0. The SMILES string of the molecule is CC(C)(C)c1[nH]c(Cc2ccccc2F)nc(=S)c1Br. The highest BCUT2D eigenvalue weighted by Gasteiger charge is 2.20. The quantitative estimate of drug-likeness (QED) is 0.774. The van der Waals surface area contributed by atoms with Crippen LogP contribution in [-0.4, -0.2) is 9.97 Å². The van der Waals surface area contributed by atoms with E-state index in [9.17, 15) is 4.39 Å². The molecular weight excluding hydrogens is 339 g/mol. The van der Waals surface area contributed by atoms with Crippen LogP contribution in [0.5, 0.6) is 0 Å². The smallest absolute Gasteiger partial charge is 0.144 e. The number of nitrogens with one attached hydrogen (secondary N) is 1. The van der Waals surface area contributed by atoms with Crippen LogP contribution in [0.4, 0.5) is 4.39 Å². The van der Waals surface area contributed by atoms with Crippen LogP contribution < -0.4 is 0 Å². The molecule has 0 amide bonds. The van der Waals surface area contributed by atoms with E-state index in [1.54, 1.807) is 12.1 Å². The van der Waals surface area contributed by atoms with E-state index in [1.165, 1.54) is 6.07 Å². The van der Waals surface area contributed by atoms with Gasteiger partial charge in [0.05, 0.1) is 4.47 Å². The highest BCUT2D eigenvalue weighted by molar-refractivity contribution is 9.10. The lowest BCUT2D eigenvalue weighted by Gasteiger charge is -2.21. The van der Waals surface area contributed by atoms with Gasteiger partial charge in [-0.25, -0.2) is 9.37 Å². The predicted octanol–water partition coefficient (Wildman–Crippen LogP) is 4.93. The fourth-order valence-corrected chi connectivity index (χ4v) is 2.92. The summed E-state index contributed by atoms with van der Waals surface area (Å²) in [5.41, 5.74) is 1.48. The van der Waals surface area contributed by atoms with E-state index < -0.39 is 0 Å². The van der Waals surface area contributed by atoms with Crippen LogP contribution in [0.25, 0.3) is 0 Å². The van der Waals surface area contributed by atoms with Crippen molar-refractivity contribution in [2.75, 3.05) is 0 Å². The Kier molecular flexibility index (Phi) is 4.39. The second-order valence-corrected chi connectivity index (χ2v) is 6.88. The third kappa shape index (κ3) is 3.33. The average Bonchev–Trinajstić information content (AvgIpc) is 2.35. The lowest BCUT2D eigenvalue weighted by molar-refractivity contribution is 0.557. The number of halogens is 2. The maximum Gasteiger partial charge on any atom is 0.144 e. The van der Waals surface area contributed by atoms with Crippen LogP contribution in [0.2, 0.25) is 0 Å². The zero-order chi connectivity index (χ0) is 14.9. The highest BCUT2D eigenvalue weighted by Crippen LogP contribution is 2.28. The Labute approximate surface area is 131 Å². The summed E-state index contributed by atoms with van der Waals surface area (Å²) >= 11 is 8.75. The molecule has 1 heterocycles. The van der Waals surface area contributed by atoms with Crippen LogP contribution in [0, 0.1) is 10.5 Å². The minimum absolute atomic E-state index is 0.0979. The normalized spacial score (nSPS) is 11.7. The minimum atomic E-state index is -0.228. The number of hydrogen-bond donors (Lipinski definition) is 1. The van der Waals surface area contributed by atoms with E-state index in [4.69, 9.17) is 12.2 Å². The van der Waals surface area contributed by atoms with E-state index in [0.717, 1.165) is 10.2 Å². The maximum atomic E-state index is 13.7. The number of H-pyrrole nitrogens is 1. The lowest BCUT2D eigenvalue weighted by atomic mass is 9.92. The molecule has 0 spiro atoms. The molecule has 0 aliphatic carbocycles. The molecule has 2 aromatic rings. The van der Waals surface area contributed by atoms with Crippen molar-refractivity contribution in [3.05, 3.63) is 56.3 Å². The van der Waals surface area contributed by atoms with Crippen molar-refractivity contribution in [2.24, 2.45) is 0 Å². The van der Waals surface area contributed by atoms with Crippen LogP contribution in [-0.2, 0) is 11.8 Å². The zero-order valence-electron chi connectivity index (χ0n) is 11.6. The molecule has 0 saturated heterocycles. The van der Waals surface area contributed by atoms with Gasteiger partial charge < -0.3 is 4.98 Å². The molecular formula is C15H16BrFN2S. The Bertz CT molecular complexity index is 689. The minimum Gasteiger partial charge on any atom is -0.345 e. The molecule has 0 aliphatic rings. The molecule has 2 nitrogen and oxygen atoms in total. The molecule has 0 radical (unpaired) electrons. The van der Waals surface area contributed by atoms with Crippen molar-refractivity contribution in [1.29, 1.82) is 0 Å². The lowest BCUT2D eigenvalue weighted by Crippen LogP contribution is -2.17. The van der Waals surface area contributed by atoms with Gasteiger partial charge in [-0.2, -0.15) is 0 Å². The van der Waals surface area contributed by atoms with Crippen molar-refractivity contribution in [2.45, 2.75) is 32.6 Å². The van der Waals surface area contributed by atoms with Gasteiger partial charge in [-0.1, -0.05) is 51.2 Å². The van der Waals surface area contributed by atoms with E-state index in [1.807, 2.05) is 6.07 Å². The first-order chi connectivity index (χ1) is 9.29. The molecule has 1 aromatic heterocycles. The number of benzene rings is 1. The van der Waals surface area contributed by atoms with Gasteiger partial charge in [0.1, 0.15) is 16.3 Å². The molecule has 0 atom stereocenters. The second-order valence-electron chi connectivity index (χ2n) is 5.70. The summed E-state index contributed by atoms with van der Waals surface area (Å²) in [6, 6.07) is 6.70. The summed E-state index contributed by atoms with van der Waals surface area (Å²) in [5.74, 6) is 0.446. The van der Waals surface area contributed by atoms with Crippen molar-refractivity contribution < 1.29 is 4.39 Å². The monoisotopic (exact) mass is 354 g/mol. The predicted molar refractivity (Wildman–Crippen MR) is 85.0 cm³/mol. The third-order valence-corrected chi connectivity index (χ3v) is 4.31. The van der Waals surface area contributed by atoms with Gasteiger partial charge in [-0.3, -0.25) is 0 Å². The molecule has 0 bridgehead atoms. The van der Waals surface area contributed by atoms with Gasteiger partial charge in [0.25, 0.3) is 0 Å². The molecule has 0 fully saturated rings. The summed E-state index contributed by atoms with van der Waals surface area (Å²) < 4.78 is 15.0. The van der Waals surface area contributed by atoms with E-state index in [-0.39, 0.29) is 11.2 Å². The van der Waals surface area contributed by atoms with Gasteiger partial charge in [0.2, 0.25) is 0 Å². The van der Waals surface area contributed by atoms with Gasteiger partial charge in [-0.15, -0.1) is 0 Å². The fourth-order valence-electron chi connectivity index (χ4n) is 1.93. The van der Waals surface area contributed by atoms with Crippen LogP contribution in [0.3, 0.4) is 0 Å². The first-order valence-electron chi connectivity index (χ1n) is 6.31. The van der Waals surface area contributed by atoms with Crippen molar-refractivity contribution in [1.82, 2.24) is 9.97 Å². The van der Waals surface area contributed by atoms with Crippen LogP contribution in [0.1, 0.15) is 37.9 Å². The maximum absolute atomic E-state index is 13.7. The van der Waals surface area contributed by atoms with E-state index in [2.05, 4.69) is 46.7 Å². The Morgan fingerprint density at radius 2 is 1.95 bits per heavy atom. The van der Waals surface area contributed by atoms with E-state index in [0.29, 0.717) is 22.4 Å². The molecule has 20 heavy (non-hydrogen) atoms. The standard InChI is InChI=1S/C15H16BrFN2S/c1-15(2,3)13-12(16)14(20)19-11(18-13)8-9-6-4-5-7-10(9)17/h4-7H,8H2,1-3H3,(H,18,19,20). The topological polar surface area (TPSA) is 28.7 Å². The summed E-state index contributed by atoms with van der Waals surface area (Å²) in [7, 11) is 0. The Morgan fingerprint density at radius 1 is 1.30 bits per heavy atom. The number of aromatic amines is 1. The highest BCUT2D eigenvalue weighted by atomic mass is 79.9. The number of rotatable bonds is 2. The summed E-state index contributed by atoms with van der Waals surface area (Å²) in [4.78, 5) is 7.61. The number of aromatic nitrogens is 2. The Hall–Kier alpha value is -1.07. The molecule has 106 valence electrons. The Balaban J connectivity index is 2.47. The number of nitrogens with zero attached hydrogens (tertiary/aromatic N) is 1.